The third-order valence-corrected chi connectivity index (χ3v) is 3.92. The van der Waals surface area contributed by atoms with Gasteiger partial charge in [-0.25, -0.2) is 0 Å². The SMILES string of the molecule is COc1ccc(C2CCCN2C(=O)CCCCN)cc1.Cl. The molecule has 1 heterocycles. The molecule has 1 aliphatic heterocycles. The summed E-state index contributed by atoms with van der Waals surface area (Å²) in [6.45, 7) is 1.54. The van der Waals surface area contributed by atoms with Gasteiger partial charge in [-0.2, -0.15) is 0 Å². The molecule has 1 aromatic carbocycles. The van der Waals surface area contributed by atoms with Gasteiger partial charge in [-0.3, -0.25) is 4.79 Å². The zero-order chi connectivity index (χ0) is 14.4. The Kier molecular flexibility index (Phi) is 7.54. The molecule has 1 fully saturated rings. The Morgan fingerprint density at radius 2 is 2.05 bits per heavy atom. The smallest absolute Gasteiger partial charge is 0.223 e. The van der Waals surface area contributed by atoms with E-state index in [0.717, 1.165) is 38.0 Å². The first-order valence-electron chi connectivity index (χ1n) is 7.39. The van der Waals surface area contributed by atoms with Crippen molar-refractivity contribution in [2.75, 3.05) is 20.2 Å². The van der Waals surface area contributed by atoms with Crippen LogP contribution in [0.15, 0.2) is 24.3 Å². The number of carbonyl (C=O) groups excluding carboxylic acids is 1. The Bertz CT molecular complexity index is 436. The predicted molar refractivity (Wildman–Crippen MR) is 86.8 cm³/mol. The minimum absolute atomic E-state index is 0. The lowest BCUT2D eigenvalue weighted by atomic mass is 10.0. The number of nitrogens with two attached hydrogens (primary N) is 1. The zero-order valence-electron chi connectivity index (χ0n) is 12.6. The van der Waals surface area contributed by atoms with Crippen LogP contribution in [-0.4, -0.2) is 31.0 Å². The Morgan fingerprint density at radius 1 is 1.33 bits per heavy atom. The Labute approximate surface area is 133 Å². The molecule has 0 radical (unpaired) electrons. The number of methoxy groups -OCH3 is 1. The van der Waals surface area contributed by atoms with E-state index in [4.69, 9.17) is 10.5 Å². The lowest BCUT2D eigenvalue weighted by Gasteiger charge is -2.25. The van der Waals surface area contributed by atoms with Gasteiger partial charge in [0.15, 0.2) is 0 Å². The number of carbonyl (C=O) groups is 1. The van der Waals surface area contributed by atoms with Crippen LogP contribution in [0.1, 0.15) is 43.7 Å². The van der Waals surface area contributed by atoms with Crippen LogP contribution in [0.3, 0.4) is 0 Å². The van der Waals surface area contributed by atoms with Gasteiger partial charge in [0, 0.05) is 13.0 Å². The summed E-state index contributed by atoms with van der Waals surface area (Å²) >= 11 is 0. The van der Waals surface area contributed by atoms with Crippen molar-refractivity contribution >= 4 is 18.3 Å². The molecule has 5 heteroatoms. The fourth-order valence-electron chi connectivity index (χ4n) is 2.80. The molecule has 1 aliphatic rings. The molecule has 21 heavy (non-hydrogen) atoms. The Balaban J connectivity index is 0.00000220. The van der Waals surface area contributed by atoms with E-state index >= 15 is 0 Å². The third-order valence-electron chi connectivity index (χ3n) is 3.92. The van der Waals surface area contributed by atoms with Gasteiger partial charge in [0.1, 0.15) is 5.75 Å². The molecule has 1 atom stereocenters. The van der Waals surface area contributed by atoms with Crippen LogP contribution in [-0.2, 0) is 4.79 Å². The number of ether oxygens (including phenoxy) is 1. The zero-order valence-corrected chi connectivity index (χ0v) is 13.4. The standard InChI is InChI=1S/C16H24N2O2.ClH/c1-20-14-9-7-13(8-10-14)15-5-4-12-18(15)16(19)6-2-3-11-17;/h7-10,15H,2-6,11-12,17H2,1H3;1H. The molecule has 0 aliphatic carbocycles. The monoisotopic (exact) mass is 312 g/mol. The summed E-state index contributed by atoms with van der Waals surface area (Å²) in [4.78, 5) is 14.3. The molecule has 0 aromatic heterocycles. The number of unbranched alkanes of at least 4 members (excludes halogenated alkanes) is 1. The molecule has 118 valence electrons. The van der Waals surface area contributed by atoms with E-state index in [0.29, 0.717) is 13.0 Å². The van der Waals surface area contributed by atoms with Gasteiger partial charge >= 0.3 is 0 Å². The van der Waals surface area contributed by atoms with Gasteiger partial charge in [-0.15, -0.1) is 12.4 Å². The van der Waals surface area contributed by atoms with Crippen molar-refractivity contribution in [2.24, 2.45) is 5.73 Å². The van der Waals surface area contributed by atoms with Crippen molar-refractivity contribution < 1.29 is 9.53 Å². The first kappa shape index (κ1) is 17.8. The lowest BCUT2D eigenvalue weighted by molar-refractivity contribution is -0.132. The van der Waals surface area contributed by atoms with Gasteiger partial charge in [0.05, 0.1) is 13.2 Å². The van der Waals surface area contributed by atoms with Crippen LogP contribution in [0.25, 0.3) is 0 Å². The van der Waals surface area contributed by atoms with Gasteiger partial charge < -0.3 is 15.4 Å². The minimum atomic E-state index is 0. The highest BCUT2D eigenvalue weighted by Gasteiger charge is 2.29. The second-order valence-corrected chi connectivity index (χ2v) is 5.26. The summed E-state index contributed by atoms with van der Waals surface area (Å²) < 4.78 is 5.18. The first-order valence-corrected chi connectivity index (χ1v) is 7.39. The number of halogens is 1. The topological polar surface area (TPSA) is 55.6 Å². The molecular formula is C16H25ClN2O2. The van der Waals surface area contributed by atoms with Crippen molar-refractivity contribution in [1.29, 1.82) is 0 Å². The number of benzene rings is 1. The highest BCUT2D eigenvalue weighted by Crippen LogP contribution is 2.33. The molecule has 1 unspecified atom stereocenters. The minimum Gasteiger partial charge on any atom is -0.497 e. The fraction of sp³-hybridized carbons (Fsp3) is 0.562. The molecule has 1 amide bonds. The fourth-order valence-corrected chi connectivity index (χ4v) is 2.80. The number of hydrogen-bond donors (Lipinski definition) is 1. The molecule has 1 saturated heterocycles. The molecule has 0 spiro atoms. The third kappa shape index (κ3) is 4.61. The largest absolute Gasteiger partial charge is 0.497 e. The van der Waals surface area contributed by atoms with E-state index in [-0.39, 0.29) is 24.4 Å². The average Bonchev–Trinajstić information content (AvgIpc) is 2.97. The number of hydrogen-bond acceptors (Lipinski definition) is 3. The molecular weight excluding hydrogens is 288 g/mol. The number of nitrogens with zero attached hydrogens (tertiary/aromatic N) is 1. The van der Waals surface area contributed by atoms with Crippen molar-refractivity contribution in [2.45, 2.75) is 38.1 Å². The summed E-state index contributed by atoms with van der Waals surface area (Å²) in [5.74, 6) is 1.12. The molecule has 0 bridgehead atoms. The summed E-state index contributed by atoms with van der Waals surface area (Å²) in [6.07, 6.45) is 4.56. The molecule has 2 N–H and O–H groups in total. The van der Waals surface area contributed by atoms with Gasteiger partial charge in [-0.1, -0.05) is 12.1 Å². The summed E-state index contributed by atoms with van der Waals surface area (Å²) in [5, 5.41) is 0. The second kappa shape index (κ2) is 8.90. The summed E-state index contributed by atoms with van der Waals surface area (Å²) in [5.41, 5.74) is 6.68. The van der Waals surface area contributed by atoms with Gasteiger partial charge in [0.25, 0.3) is 0 Å². The van der Waals surface area contributed by atoms with Crippen LogP contribution in [0.5, 0.6) is 5.75 Å². The van der Waals surface area contributed by atoms with Crippen molar-refractivity contribution in [3.63, 3.8) is 0 Å². The van der Waals surface area contributed by atoms with Crippen LogP contribution in [0.4, 0.5) is 0 Å². The van der Waals surface area contributed by atoms with E-state index in [9.17, 15) is 4.79 Å². The van der Waals surface area contributed by atoms with E-state index in [1.165, 1.54) is 5.56 Å². The van der Waals surface area contributed by atoms with Crippen molar-refractivity contribution in [3.05, 3.63) is 29.8 Å². The molecule has 1 aromatic rings. The average molecular weight is 313 g/mol. The van der Waals surface area contributed by atoms with Crippen molar-refractivity contribution in [3.8, 4) is 5.75 Å². The second-order valence-electron chi connectivity index (χ2n) is 5.26. The number of rotatable bonds is 6. The first-order chi connectivity index (χ1) is 9.76. The van der Waals surface area contributed by atoms with E-state index < -0.39 is 0 Å². The van der Waals surface area contributed by atoms with Crippen LogP contribution in [0.2, 0.25) is 0 Å². The van der Waals surface area contributed by atoms with E-state index in [1.54, 1.807) is 7.11 Å². The predicted octanol–water partition coefficient (Wildman–Crippen LogP) is 2.91. The quantitative estimate of drug-likeness (QED) is 0.822. The highest BCUT2D eigenvalue weighted by atomic mass is 35.5. The highest BCUT2D eigenvalue weighted by molar-refractivity contribution is 5.85. The van der Waals surface area contributed by atoms with Gasteiger partial charge in [0.2, 0.25) is 5.91 Å². The maximum Gasteiger partial charge on any atom is 0.223 e. The summed E-state index contributed by atoms with van der Waals surface area (Å²) in [6, 6.07) is 8.28. The molecule has 2 rings (SSSR count). The summed E-state index contributed by atoms with van der Waals surface area (Å²) in [7, 11) is 1.66. The van der Waals surface area contributed by atoms with E-state index in [2.05, 4.69) is 12.1 Å². The number of amides is 1. The van der Waals surface area contributed by atoms with Crippen LogP contribution in [0, 0.1) is 0 Å². The van der Waals surface area contributed by atoms with Crippen LogP contribution < -0.4 is 10.5 Å². The normalized spacial score (nSPS) is 17.4. The number of likely N-dealkylation sites (tertiary alicyclic amines) is 1. The van der Waals surface area contributed by atoms with Gasteiger partial charge in [-0.05, 0) is 49.9 Å². The Hall–Kier alpha value is -1.26. The lowest BCUT2D eigenvalue weighted by Crippen LogP contribution is -2.30. The maximum absolute atomic E-state index is 12.3. The van der Waals surface area contributed by atoms with Crippen molar-refractivity contribution in [1.82, 2.24) is 4.90 Å². The Morgan fingerprint density at radius 3 is 2.67 bits per heavy atom. The molecule has 4 nitrogen and oxygen atoms in total. The molecule has 0 saturated carbocycles. The van der Waals surface area contributed by atoms with E-state index in [1.807, 2.05) is 17.0 Å². The maximum atomic E-state index is 12.3. The van der Waals surface area contributed by atoms with Crippen LogP contribution >= 0.6 is 12.4 Å².